The van der Waals surface area contributed by atoms with Gasteiger partial charge in [-0.25, -0.2) is 0 Å². The Morgan fingerprint density at radius 3 is 2.34 bits per heavy atom. The van der Waals surface area contributed by atoms with Gasteiger partial charge in [0, 0.05) is 37.7 Å². The van der Waals surface area contributed by atoms with E-state index in [1.54, 1.807) is 37.6 Å². The van der Waals surface area contributed by atoms with E-state index < -0.39 is 0 Å². The maximum Gasteiger partial charge on any atom is 0.257 e. The van der Waals surface area contributed by atoms with Gasteiger partial charge in [0.2, 0.25) is 0 Å². The molecule has 0 fully saturated rings. The summed E-state index contributed by atoms with van der Waals surface area (Å²) in [6, 6.07) is 14.9. The van der Waals surface area contributed by atoms with Gasteiger partial charge in [0.1, 0.15) is 11.5 Å². The predicted octanol–water partition coefficient (Wildman–Crippen LogP) is 4.16. The van der Waals surface area contributed by atoms with Gasteiger partial charge >= 0.3 is 0 Å². The Morgan fingerprint density at radius 2 is 1.69 bits per heavy atom. The summed E-state index contributed by atoms with van der Waals surface area (Å²) in [5.74, 6) is 0.876. The SMILES string of the molecule is COc1ccc(NC(=O)c2cncc(Nc3ccc(N(C)C)cc3)c2)c(OC)c1. The average molecular weight is 392 g/mol. The molecule has 0 spiro atoms. The van der Waals surface area contributed by atoms with Crippen molar-refractivity contribution in [3.63, 3.8) is 0 Å². The molecule has 0 saturated heterocycles. The van der Waals surface area contributed by atoms with Gasteiger partial charge < -0.3 is 25.0 Å². The van der Waals surface area contributed by atoms with E-state index in [0.717, 1.165) is 17.1 Å². The normalized spacial score (nSPS) is 10.2. The first-order valence-corrected chi connectivity index (χ1v) is 9.03. The molecule has 2 N–H and O–H groups in total. The number of carbonyl (C=O) groups is 1. The standard InChI is InChI=1S/C22H24N4O3/c1-26(2)18-7-5-16(6-8-18)24-17-11-15(13-23-14-17)22(27)25-20-10-9-19(28-3)12-21(20)29-4/h5-14,24H,1-4H3,(H,25,27). The second kappa shape index (κ2) is 8.97. The number of pyridine rings is 1. The molecule has 0 aliphatic heterocycles. The summed E-state index contributed by atoms with van der Waals surface area (Å²) in [5.41, 5.74) is 3.72. The van der Waals surface area contributed by atoms with Gasteiger partial charge in [-0.15, -0.1) is 0 Å². The van der Waals surface area contributed by atoms with Crippen molar-refractivity contribution >= 4 is 28.7 Å². The molecule has 0 atom stereocenters. The first-order chi connectivity index (χ1) is 14.0. The van der Waals surface area contributed by atoms with Crippen molar-refractivity contribution in [3.8, 4) is 11.5 Å². The molecular weight excluding hydrogens is 368 g/mol. The molecule has 1 aromatic heterocycles. The molecule has 1 amide bonds. The largest absolute Gasteiger partial charge is 0.497 e. The van der Waals surface area contributed by atoms with Crippen molar-refractivity contribution in [2.45, 2.75) is 0 Å². The Kier molecular flexibility index (Phi) is 6.19. The third-order valence-electron chi connectivity index (χ3n) is 4.33. The van der Waals surface area contributed by atoms with Crippen LogP contribution in [0.4, 0.5) is 22.7 Å². The lowest BCUT2D eigenvalue weighted by atomic mass is 10.2. The highest BCUT2D eigenvalue weighted by Crippen LogP contribution is 2.29. The number of hydrogen-bond acceptors (Lipinski definition) is 6. The number of benzene rings is 2. The number of carbonyl (C=O) groups excluding carboxylic acids is 1. The van der Waals surface area contributed by atoms with Gasteiger partial charge in [-0.3, -0.25) is 9.78 Å². The van der Waals surface area contributed by atoms with Crippen LogP contribution in [0, 0.1) is 0 Å². The number of aromatic nitrogens is 1. The molecule has 0 bridgehead atoms. The number of ether oxygens (including phenoxy) is 2. The Labute approximate surface area is 170 Å². The first-order valence-electron chi connectivity index (χ1n) is 9.03. The molecule has 3 aromatic rings. The van der Waals surface area contributed by atoms with Crippen molar-refractivity contribution in [2.75, 3.05) is 43.8 Å². The molecule has 29 heavy (non-hydrogen) atoms. The van der Waals surface area contributed by atoms with Crippen LogP contribution in [0.15, 0.2) is 60.9 Å². The summed E-state index contributed by atoms with van der Waals surface area (Å²) < 4.78 is 10.5. The summed E-state index contributed by atoms with van der Waals surface area (Å²) in [6.07, 6.45) is 3.19. The fraction of sp³-hybridized carbons (Fsp3) is 0.182. The van der Waals surface area contributed by atoms with Crippen LogP contribution in [0.5, 0.6) is 11.5 Å². The molecule has 3 rings (SSSR count). The van der Waals surface area contributed by atoms with E-state index in [-0.39, 0.29) is 5.91 Å². The van der Waals surface area contributed by atoms with Crippen LogP contribution in [-0.4, -0.2) is 39.2 Å². The summed E-state index contributed by atoms with van der Waals surface area (Å²) in [5, 5.41) is 6.11. The van der Waals surface area contributed by atoms with E-state index in [9.17, 15) is 4.79 Å². The van der Waals surface area contributed by atoms with Gasteiger partial charge in [0.05, 0.1) is 37.4 Å². The molecule has 150 valence electrons. The Morgan fingerprint density at radius 1 is 0.931 bits per heavy atom. The third-order valence-corrected chi connectivity index (χ3v) is 4.33. The zero-order chi connectivity index (χ0) is 20.8. The van der Waals surface area contributed by atoms with Crippen molar-refractivity contribution in [3.05, 3.63) is 66.5 Å². The highest BCUT2D eigenvalue weighted by molar-refractivity contribution is 6.05. The topological polar surface area (TPSA) is 75.7 Å². The van der Waals surface area contributed by atoms with Gasteiger partial charge in [-0.2, -0.15) is 0 Å². The van der Waals surface area contributed by atoms with Gasteiger partial charge in [-0.1, -0.05) is 0 Å². The minimum Gasteiger partial charge on any atom is -0.497 e. The molecule has 0 unspecified atom stereocenters. The Bertz CT molecular complexity index is 988. The lowest BCUT2D eigenvalue weighted by molar-refractivity contribution is 0.102. The summed E-state index contributed by atoms with van der Waals surface area (Å²) in [6.45, 7) is 0. The van der Waals surface area contributed by atoms with Crippen molar-refractivity contribution in [1.29, 1.82) is 0 Å². The molecule has 7 heteroatoms. The van der Waals surface area contributed by atoms with Crippen LogP contribution in [-0.2, 0) is 0 Å². The first kappa shape index (κ1) is 20.0. The van der Waals surface area contributed by atoms with Crippen molar-refractivity contribution < 1.29 is 14.3 Å². The molecule has 0 radical (unpaired) electrons. The van der Waals surface area contributed by atoms with E-state index in [0.29, 0.717) is 22.7 Å². The van der Waals surface area contributed by atoms with Crippen molar-refractivity contribution in [2.24, 2.45) is 0 Å². The fourth-order valence-corrected chi connectivity index (χ4v) is 2.74. The molecule has 0 aliphatic carbocycles. The van der Waals surface area contributed by atoms with E-state index in [1.807, 2.05) is 43.3 Å². The van der Waals surface area contributed by atoms with Crippen LogP contribution >= 0.6 is 0 Å². The number of nitrogens with one attached hydrogen (secondary N) is 2. The van der Waals surface area contributed by atoms with Gasteiger partial charge in [-0.05, 0) is 42.5 Å². The molecule has 0 saturated carbocycles. The van der Waals surface area contributed by atoms with E-state index >= 15 is 0 Å². The Balaban J connectivity index is 1.74. The number of amides is 1. The van der Waals surface area contributed by atoms with Crippen LogP contribution in [0.25, 0.3) is 0 Å². The number of methoxy groups -OCH3 is 2. The second-order valence-electron chi connectivity index (χ2n) is 6.55. The average Bonchev–Trinajstić information content (AvgIpc) is 2.74. The molecule has 2 aromatic carbocycles. The smallest absolute Gasteiger partial charge is 0.257 e. The maximum atomic E-state index is 12.7. The number of rotatable bonds is 7. The highest BCUT2D eigenvalue weighted by atomic mass is 16.5. The molecule has 7 nitrogen and oxygen atoms in total. The zero-order valence-electron chi connectivity index (χ0n) is 16.9. The quantitative estimate of drug-likeness (QED) is 0.629. The second-order valence-corrected chi connectivity index (χ2v) is 6.55. The number of anilines is 4. The van der Waals surface area contributed by atoms with E-state index in [4.69, 9.17) is 9.47 Å². The lowest BCUT2D eigenvalue weighted by Crippen LogP contribution is -2.13. The molecule has 1 heterocycles. The lowest BCUT2D eigenvalue weighted by Gasteiger charge is -2.14. The van der Waals surface area contributed by atoms with E-state index in [2.05, 4.69) is 15.6 Å². The van der Waals surface area contributed by atoms with E-state index in [1.165, 1.54) is 13.3 Å². The summed E-state index contributed by atoms with van der Waals surface area (Å²) >= 11 is 0. The van der Waals surface area contributed by atoms with Crippen LogP contribution in [0.1, 0.15) is 10.4 Å². The van der Waals surface area contributed by atoms with Crippen LogP contribution < -0.4 is 25.0 Å². The monoisotopic (exact) mass is 392 g/mol. The van der Waals surface area contributed by atoms with Crippen LogP contribution in [0.2, 0.25) is 0 Å². The highest BCUT2D eigenvalue weighted by Gasteiger charge is 2.12. The number of hydrogen-bond donors (Lipinski definition) is 2. The molecule has 0 aliphatic rings. The van der Waals surface area contributed by atoms with Gasteiger partial charge in [0.25, 0.3) is 5.91 Å². The maximum absolute atomic E-state index is 12.7. The minimum absolute atomic E-state index is 0.285. The predicted molar refractivity (Wildman–Crippen MR) is 116 cm³/mol. The Hall–Kier alpha value is -3.74. The van der Waals surface area contributed by atoms with Crippen molar-refractivity contribution in [1.82, 2.24) is 4.98 Å². The number of nitrogens with zero attached hydrogens (tertiary/aromatic N) is 2. The van der Waals surface area contributed by atoms with Gasteiger partial charge in [0.15, 0.2) is 0 Å². The zero-order valence-corrected chi connectivity index (χ0v) is 16.9. The third kappa shape index (κ3) is 4.95. The molecular formula is C22H24N4O3. The fourth-order valence-electron chi connectivity index (χ4n) is 2.74. The summed E-state index contributed by atoms with van der Waals surface area (Å²) in [7, 11) is 7.10. The summed E-state index contributed by atoms with van der Waals surface area (Å²) in [4.78, 5) is 18.9. The minimum atomic E-state index is -0.285. The van der Waals surface area contributed by atoms with Crippen LogP contribution in [0.3, 0.4) is 0 Å².